The summed E-state index contributed by atoms with van der Waals surface area (Å²) in [7, 11) is 1.71. The van der Waals surface area contributed by atoms with Gasteiger partial charge in [-0.3, -0.25) is 0 Å². The molecule has 21 heavy (non-hydrogen) atoms. The molecule has 0 fully saturated rings. The number of anilines is 1. The van der Waals surface area contributed by atoms with Gasteiger partial charge in [0.25, 0.3) is 0 Å². The Bertz CT molecular complexity index is 640. The second-order valence-corrected chi connectivity index (χ2v) is 6.61. The van der Waals surface area contributed by atoms with Crippen LogP contribution in [0, 0.1) is 0 Å². The molecule has 0 saturated heterocycles. The highest BCUT2D eigenvalue weighted by Gasteiger charge is 2.26. The second-order valence-electron chi connectivity index (χ2n) is 6.61. The maximum atomic E-state index is 5.35. The lowest BCUT2D eigenvalue weighted by atomic mass is 9.93. The monoisotopic (exact) mass is 285 g/mol. The van der Waals surface area contributed by atoms with Crippen LogP contribution < -0.4 is 10.1 Å². The minimum atomic E-state index is 0.0605. The first-order valence-corrected chi connectivity index (χ1v) is 7.46. The minimum Gasteiger partial charge on any atom is -0.497 e. The highest BCUT2D eigenvalue weighted by Crippen LogP contribution is 2.33. The fourth-order valence-electron chi connectivity index (χ4n) is 2.76. The van der Waals surface area contributed by atoms with E-state index in [-0.39, 0.29) is 5.41 Å². The summed E-state index contributed by atoms with van der Waals surface area (Å²) >= 11 is 0. The van der Waals surface area contributed by atoms with Gasteiger partial charge in [0.15, 0.2) is 0 Å². The molecule has 1 aliphatic heterocycles. The lowest BCUT2D eigenvalue weighted by Crippen LogP contribution is -2.23. The summed E-state index contributed by atoms with van der Waals surface area (Å²) in [6.45, 7) is 7.54. The zero-order valence-corrected chi connectivity index (χ0v) is 13.2. The molecule has 0 bridgehead atoms. The number of rotatable bonds is 2. The third-order valence-corrected chi connectivity index (χ3v) is 4.02. The highest BCUT2D eigenvalue weighted by atomic mass is 16.5. The third-order valence-electron chi connectivity index (χ3n) is 4.02. The molecule has 112 valence electrons. The predicted octanol–water partition coefficient (Wildman–Crippen LogP) is 3.59. The molecule has 0 radical (unpaired) electrons. The van der Waals surface area contributed by atoms with Crippen molar-refractivity contribution < 1.29 is 4.74 Å². The molecule has 0 aliphatic carbocycles. The van der Waals surface area contributed by atoms with Gasteiger partial charge in [0.2, 0.25) is 5.95 Å². The van der Waals surface area contributed by atoms with Crippen molar-refractivity contribution in [3.63, 3.8) is 0 Å². The summed E-state index contributed by atoms with van der Waals surface area (Å²) < 4.78 is 7.62. The molecule has 1 atom stereocenters. The van der Waals surface area contributed by atoms with Crippen LogP contribution in [-0.2, 0) is 5.41 Å². The van der Waals surface area contributed by atoms with Gasteiger partial charge in [-0.25, -0.2) is 4.98 Å². The Morgan fingerprint density at radius 2 is 2.14 bits per heavy atom. The Hall–Kier alpha value is -1.97. The van der Waals surface area contributed by atoms with Gasteiger partial charge in [0.1, 0.15) is 5.75 Å². The Morgan fingerprint density at radius 3 is 2.86 bits per heavy atom. The Labute approximate surface area is 126 Å². The molecule has 1 N–H and O–H groups in total. The van der Waals surface area contributed by atoms with E-state index in [1.165, 1.54) is 5.56 Å². The van der Waals surface area contributed by atoms with Crippen LogP contribution in [0.25, 0.3) is 0 Å². The summed E-state index contributed by atoms with van der Waals surface area (Å²) in [6, 6.07) is 8.65. The predicted molar refractivity (Wildman–Crippen MR) is 85.2 cm³/mol. The largest absolute Gasteiger partial charge is 0.497 e. The molecular formula is C17H23N3O. The van der Waals surface area contributed by atoms with Gasteiger partial charge in [-0.05, 0) is 24.1 Å². The van der Waals surface area contributed by atoms with Crippen LogP contribution in [0.1, 0.15) is 44.5 Å². The summed E-state index contributed by atoms with van der Waals surface area (Å²) in [4.78, 5) is 4.76. The molecule has 1 aromatic carbocycles. The maximum absolute atomic E-state index is 5.35. The standard InChI is InChI=1S/C17H23N3O/c1-17(2,3)15-11-20-14(8-9-18-16(20)19-15)12-6-5-7-13(10-12)21-4/h5-7,10-11,14H,8-9H2,1-4H3,(H,18,19). The molecule has 3 rings (SSSR count). The molecule has 0 saturated carbocycles. The van der Waals surface area contributed by atoms with Gasteiger partial charge in [-0.15, -0.1) is 0 Å². The fourth-order valence-corrected chi connectivity index (χ4v) is 2.76. The number of methoxy groups -OCH3 is 1. The van der Waals surface area contributed by atoms with Crippen LogP contribution >= 0.6 is 0 Å². The number of imidazole rings is 1. The van der Waals surface area contributed by atoms with Crippen LogP contribution in [-0.4, -0.2) is 23.2 Å². The van der Waals surface area contributed by atoms with Crippen molar-refractivity contribution in [3.05, 3.63) is 41.7 Å². The van der Waals surface area contributed by atoms with Crippen molar-refractivity contribution in [2.75, 3.05) is 19.0 Å². The number of benzene rings is 1. The first-order valence-electron chi connectivity index (χ1n) is 7.46. The van der Waals surface area contributed by atoms with Crippen molar-refractivity contribution in [2.45, 2.75) is 38.6 Å². The van der Waals surface area contributed by atoms with Crippen LogP contribution in [0.15, 0.2) is 30.5 Å². The van der Waals surface area contributed by atoms with Crippen molar-refractivity contribution >= 4 is 5.95 Å². The van der Waals surface area contributed by atoms with Gasteiger partial charge in [-0.1, -0.05) is 32.9 Å². The smallest absolute Gasteiger partial charge is 0.203 e. The summed E-state index contributed by atoms with van der Waals surface area (Å²) in [5.74, 6) is 1.88. The Kier molecular flexibility index (Phi) is 3.40. The third kappa shape index (κ3) is 2.62. The lowest BCUT2D eigenvalue weighted by molar-refractivity contribution is 0.412. The number of nitrogens with one attached hydrogen (secondary N) is 1. The normalized spacial score (nSPS) is 18.0. The van der Waals surface area contributed by atoms with E-state index in [0.29, 0.717) is 6.04 Å². The second kappa shape index (κ2) is 5.10. The van der Waals surface area contributed by atoms with E-state index in [1.54, 1.807) is 7.11 Å². The number of aromatic nitrogens is 2. The molecule has 0 amide bonds. The van der Waals surface area contributed by atoms with E-state index in [0.717, 1.165) is 30.4 Å². The van der Waals surface area contributed by atoms with Crippen LogP contribution in [0.3, 0.4) is 0 Å². The maximum Gasteiger partial charge on any atom is 0.203 e. The summed E-state index contributed by atoms with van der Waals surface area (Å²) in [5.41, 5.74) is 2.46. The average molecular weight is 285 g/mol. The molecule has 4 heteroatoms. The molecule has 1 aliphatic rings. The Morgan fingerprint density at radius 1 is 1.33 bits per heavy atom. The SMILES string of the molecule is COc1cccc(C2CCNc3nc(C(C)(C)C)cn32)c1. The van der Waals surface area contributed by atoms with Crippen molar-refractivity contribution in [2.24, 2.45) is 0 Å². The fraction of sp³-hybridized carbons (Fsp3) is 0.471. The first kappa shape index (κ1) is 14.0. The molecule has 4 nitrogen and oxygen atoms in total. The van der Waals surface area contributed by atoms with Crippen LogP contribution in [0.2, 0.25) is 0 Å². The first-order chi connectivity index (χ1) is 9.99. The molecule has 2 aromatic rings. The number of hydrogen-bond donors (Lipinski definition) is 1. The van der Waals surface area contributed by atoms with Gasteiger partial charge < -0.3 is 14.6 Å². The van der Waals surface area contributed by atoms with E-state index in [1.807, 2.05) is 6.07 Å². The van der Waals surface area contributed by atoms with Gasteiger partial charge in [0, 0.05) is 18.2 Å². The molecule has 1 unspecified atom stereocenters. The van der Waals surface area contributed by atoms with Gasteiger partial charge >= 0.3 is 0 Å². The van der Waals surface area contributed by atoms with Crippen molar-refractivity contribution in [1.82, 2.24) is 9.55 Å². The zero-order chi connectivity index (χ0) is 15.0. The number of hydrogen-bond acceptors (Lipinski definition) is 3. The van der Waals surface area contributed by atoms with Crippen LogP contribution in [0.4, 0.5) is 5.95 Å². The van der Waals surface area contributed by atoms with Gasteiger partial charge in [0.05, 0.1) is 18.8 Å². The number of ether oxygens (including phenoxy) is 1. The van der Waals surface area contributed by atoms with Crippen LogP contribution in [0.5, 0.6) is 5.75 Å². The summed E-state index contributed by atoms with van der Waals surface area (Å²) in [5, 5.41) is 3.40. The highest BCUT2D eigenvalue weighted by molar-refractivity contribution is 5.39. The van der Waals surface area contributed by atoms with Crippen molar-refractivity contribution in [1.29, 1.82) is 0 Å². The van der Waals surface area contributed by atoms with E-state index in [2.05, 4.69) is 55.1 Å². The molecule has 0 spiro atoms. The van der Waals surface area contributed by atoms with Crippen molar-refractivity contribution in [3.8, 4) is 5.75 Å². The van der Waals surface area contributed by atoms with Gasteiger partial charge in [-0.2, -0.15) is 0 Å². The molecule has 2 heterocycles. The molecule has 1 aromatic heterocycles. The molecular weight excluding hydrogens is 262 g/mol. The topological polar surface area (TPSA) is 39.1 Å². The van der Waals surface area contributed by atoms with E-state index < -0.39 is 0 Å². The zero-order valence-electron chi connectivity index (χ0n) is 13.2. The Balaban J connectivity index is 2.01. The summed E-state index contributed by atoms with van der Waals surface area (Å²) in [6.07, 6.45) is 3.24. The lowest BCUT2D eigenvalue weighted by Gasteiger charge is -2.26. The number of nitrogens with zero attached hydrogens (tertiary/aromatic N) is 2. The number of fused-ring (bicyclic) bond motifs is 1. The minimum absolute atomic E-state index is 0.0605. The quantitative estimate of drug-likeness (QED) is 0.916. The van der Waals surface area contributed by atoms with E-state index >= 15 is 0 Å². The van der Waals surface area contributed by atoms with E-state index in [9.17, 15) is 0 Å². The average Bonchev–Trinajstić information content (AvgIpc) is 2.91. The van der Waals surface area contributed by atoms with E-state index in [4.69, 9.17) is 9.72 Å².